The highest BCUT2D eigenvalue weighted by Gasteiger charge is 2.46. The van der Waals surface area contributed by atoms with Gasteiger partial charge in [-0.15, -0.1) is 5.10 Å². The fourth-order valence-corrected chi connectivity index (χ4v) is 3.31. The number of carbonyl (C=O) groups is 2. The number of rotatable bonds is 6. The number of carboxylic acid groups (broad SMARTS) is 1. The average molecular weight is 358 g/mol. The first-order valence-corrected chi connectivity index (χ1v) is 8.52. The van der Waals surface area contributed by atoms with Crippen molar-refractivity contribution in [1.29, 1.82) is 0 Å². The minimum absolute atomic E-state index is 0.0577. The molecule has 0 aliphatic carbocycles. The Bertz CT molecular complexity index is 777. The number of carboxylic acids is 1. The standard InChI is InChI=1S/C18H22N4O4/c1-21-10-15(19-20-21)18(17(24)25)8-5-9-22(13-18)11-16(23)26-12-14-6-3-2-4-7-14/h2-4,6-7,10H,5,8-9,11-13H2,1H3,(H,24,25). The lowest BCUT2D eigenvalue weighted by atomic mass is 9.77. The first-order chi connectivity index (χ1) is 12.5. The first kappa shape index (κ1) is 18.1. The van der Waals surface area contributed by atoms with Crippen molar-refractivity contribution in [3.05, 3.63) is 47.8 Å². The zero-order chi connectivity index (χ0) is 18.6. The van der Waals surface area contributed by atoms with Crippen LogP contribution in [0, 0.1) is 0 Å². The van der Waals surface area contributed by atoms with Gasteiger partial charge >= 0.3 is 11.9 Å². The third-order valence-electron chi connectivity index (χ3n) is 4.67. The molecule has 0 bridgehead atoms. The molecule has 138 valence electrons. The quantitative estimate of drug-likeness (QED) is 0.769. The van der Waals surface area contributed by atoms with Gasteiger partial charge in [0.15, 0.2) is 0 Å². The summed E-state index contributed by atoms with van der Waals surface area (Å²) in [6, 6.07) is 9.44. The second-order valence-corrected chi connectivity index (χ2v) is 6.63. The average Bonchev–Trinajstić information content (AvgIpc) is 3.08. The van der Waals surface area contributed by atoms with Crippen molar-refractivity contribution in [3.63, 3.8) is 0 Å². The van der Waals surface area contributed by atoms with E-state index in [1.165, 1.54) is 4.68 Å². The molecule has 3 rings (SSSR count). The third kappa shape index (κ3) is 3.91. The smallest absolute Gasteiger partial charge is 0.320 e. The zero-order valence-electron chi connectivity index (χ0n) is 14.7. The van der Waals surface area contributed by atoms with Crippen molar-refractivity contribution in [2.75, 3.05) is 19.6 Å². The van der Waals surface area contributed by atoms with Crippen LogP contribution in [0.1, 0.15) is 24.1 Å². The molecule has 0 spiro atoms. The molecule has 0 amide bonds. The Hall–Kier alpha value is -2.74. The van der Waals surface area contributed by atoms with Crippen LogP contribution >= 0.6 is 0 Å². The van der Waals surface area contributed by atoms with E-state index in [0.717, 1.165) is 5.56 Å². The van der Waals surface area contributed by atoms with E-state index >= 15 is 0 Å². The number of esters is 1. The highest BCUT2D eigenvalue weighted by Crippen LogP contribution is 2.33. The molecule has 8 nitrogen and oxygen atoms in total. The minimum atomic E-state index is -1.15. The predicted molar refractivity (Wildman–Crippen MR) is 92.2 cm³/mol. The number of hydrogen-bond donors (Lipinski definition) is 1. The first-order valence-electron chi connectivity index (χ1n) is 8.52. The van der Waals surface area contributed by atoms with Gasteiger partial charge in [0, 0.05) is 19.8 Å². The number of aliphatic carboxylic acids is 1. The van der Waals surface area contributed by atoms with Gasteiger partial charge < -0.3 is 9.84 Å². The molecule has 0 radical (unpaired) electrons. The number of likely N-dealkylation sites (tertiary alicyclic amines) is 1. The minimum Gasteiger partial charge on any atom is -0.480 e. The Morgan fingerprint density at radius 2 is 2.08 bits per heavy atom. The van der Waals surface area contributed by atoms with Gasteiger partial charge in [0.2, 0.25) is 0 Å². The Balaban J connectivity index is 1.63. The fourth-order valence-electron chi connectivity index (χ4n) is 3.31. The fraction of sp³-hybridized carbons (Fsp3) is 0.444. The maximum atomic E-state index is 12.2. The van der Waals surface area contributed by atoms with E-state index in [0.29, 0.717) is 25.1 Å². The monoisotopic (exact) mass is 358 g/mol. The van der Waals surface area contributed by atoms with Crippen LogP contribution in [0.3, 0.4) is 0 Å². The van der Waals surface area contributed by atoms with E-state index < -0.39 is 11.4 Å². The molecule has 1 saturated heterocycles. The number of hydrogen-bond acceptors (Lipinski definition) is 6. The van der Waals surface area contributed by atoms with Crippen LogP contribution in [-0.4, -0.2) is 56.6 Å². The second kappa shape index (κ2) is 7.65. The Labute approximate surface area is 151 Å². The van der Waals surface area contributed by atoms with Gasteiger partial charge in [0.1, 0.15) is 17.7 Å². The summed E-state index contributed by atoms with van der Waals surface area (Å²) >= 11 is 0. The van der Waals surface area contributed by atoms with E-state index in [-0.39, 0.29) is 25.7 Å². The molecule has 1 atom stereocenters. The largest absolute Gasteiger partial charge is 0.480 e. The van der Waals surface area contributed by atoms with Crippen LogP contribution < -0.4 is 0 Å². The van der Waals surface area contributed by atoms with Crippen LogP contribution in [0.4, 0.5) is 0 Å². The number of benzene rings is 1. The van der Waals surface area contributed by atoms with Gasteiger partial charge in [-0.25, -0.2) is 0 Å². The van der Waals surface area contributed by atoms with Crippen molar-refractivity contribution in [1.82, 2.24) is 19.9 Å². The summed E-state index contributed by atoms with van der Waals surface area (Å²) < 4.78 is 6.80. The van der Waals surface area contributed by atoms with Gasteiger partial charge in [0.05, 0.1) is 6.54 Å². The topological polar surface area (TPSA) is 97.6 Å². The van der Waals surface area contributed by atoms with Gasteiger partial charge in [-0.1, -0.05) is 35.5 Å². The Morgan fingerprint density at radius 1 is 1.31 bits per heavy atom. The van der Waals surface area contributed by atoms with E-state index in [1.54, 1.807) is 13.2 Å². The lowest BCUT2D eigenvalue weighted by molar-refractivity contribution is -0.151. The van der Waals surface area contributed by atoms with Crippen molar-refractivity contribution in [2.45, 2.75) is 24.9 Å². The summed E-state index contributed by atoms with van der Waals surface area (Å²) in [5, 5.41) is 17.7. The Morgan fingerprint density at radius 3 is 2.73 bits per heavy atom. The summed E-state index contributed by atoms with van der Waals surface area (Å²) in [5.74, 6) is -1.31. The zero-order valence-corrected chi connectivity index (χ0v) is 14.7. The summed E-state index contributed by atoms with van der Waals surface area (Å²) in [7, 11) is 1.70. The molecule has 0 saturated carbocycles. The number of carbonyl (C=O) groups excluding carboxylic acids is 1. The predicted octanol–water partition coefficient (Wildman–Crippen LogP) is 0.977. The highest BCUT2D eigenvalue weighted by molar-refractivity contribution is 5.81. The molecule has 26 heavy (non-hydrogen) atoms. The molecule has 1 N–H and O–H groups in total. The molecule has 2 heterocycles. The van der Waals surface area contributed by atoms with Crippen molar-refractivity contribution < 1.29 is 19.4 Å². The maximum Gasteiger partial charge on any atom is 0.320 e. The van der Waals surface area contributed by atoms with E-state index in [9.17, 15) is 14.7 Å². The lowest BCUT2D eigenvalue weighted by Gasteiger charge is -2.38. The lowest BCUT2D eigenvalue weighted by Crippen LogP contribution is -2.52. The van der Waals surface area contributed by atoms with Crippen LogP contribution in [0.2, 0.25) is 0 Å². The normalized spacial score (nSPS) is 20.7. The highest BCUT2D eigenvalue weighted by atomic mass is 16.5. The number of aryl methyl sites for hydroxylation is 1. The second-order valence-electron chi connectivity index (χ2n) is 6.63. The molecule has 1 fully saturated rings. The SMILES string of the molecule is Cn1cc(C2(C(=O)O)CCCN(CC(=O)OCc3ccccc3)C2)nn1. The van der Waals surface area contributed by atoms with Gasteiger partial charge in [-0.2, -0.15) is 0 Å². The van der Waals surface area contributed by atoms with E-state index in [1.807, 2.05) is 35.2 Å². The summed E-state index contributed by atoms with van der Waals surface area (Å²) in [6.45, 7) is 1.13. The molecule has 1 aromatic carbocycles. The van der Waals surface area contributed by atoms with Gasteiger partial charge in [-0.05, 0) is 24.9 Å². The molecule has 1 aliphatic heterocycles. The molecule has 1 aromatic heterocycles. The van der Waals surface area contributed by atoms with Crippen molar-refractivity contribution in [2.24, 2.45) is 7.05 Å². The third-order valence-corrected chi connectivity index (χ3v) is 4.67. The van der Waals surface area contributed by atoms with Gasteiger partial charge in [-0.3, -0.25) is 19.2 Å². The molecule has 1 unspecified atom stereocenters. The summed E-state index contributed by atoms with van der Waals surface area (Å²) in [6.07, 6.45) is 2.76. The van der Waals surface area contributed by atoms with Gasteiger partial charge in [0.25, 0.3) is 0 Å². The van der Waals surface area contributed by atoms with Crippen LogP contribution in [-0.2, 0) is 33.4 Å². The Kier molecular flexibility index (Phi) is 5.32. The van der Waals surface area contributed by atoms with Crippen LogP contribution in [0.15, 0.2) is 36.5 Å². The molecule has 1 aliphatic rings. The molecule has 2 aromatic rings. The molecular weight excluding hydrogens is 336 g/mol. The number of ether oxygens (including phenoxy) is 1. The van der Waals surface area contributed by atoms with Crippen molar-refractivity contribution >= 4 is 11.9 Å². The van der Waals surface area contributed by atoms with E-state index in [4.69, 9.17) is 4.74 Å². The summed E-state index contributed by atoms with van der Waals surface area (Å²) in [4.78, 5) is 26.0. The van der Waals surface area contributed by atoms with E-state index in [2.05, 4.69) is 10.3 Å². The number of piperidine rings is 1. The number of aromatic nitrogens is 3. The number of nitrogens with zero attached hydrogens (tertiary/aromatic N) is 4. The molecule has 8 heteroatoms. The van der Waals surface area contributed by atoms with Crippen LogP contribution in [0.5, 0.6) is 0 Å². The van der Waals surface area contributed by atoms with Crippen LogP contribution in [0.25, 0.3) is 0 Å². The maximum absolute atomic E-state index is 12.2. The summed E-state index contributed by atoms with van der Waals surface area (Å²) in [5.41, 5.74) is 0.195. The van der Waals surface area contributed by atoms with Crippen molar-refractivity contribution in [3.8, 4) is 0 Å². The molecular formula is C18H22N4O4.